The summed E-state index contributed by atoms with van der Waals surface area (Å²) in [7, 11) is 0. The van der Waals surface area contributed by atoms with Crippen LogP contribution in [0, 0.1) is 0 Å². The van der Waals surface area contributed by atoms with E-state index in [0.29, 0.717) is 6.61 Å². The van der Waals surface area contributed by atoms with Crippen molar-refractivity contribution in [3.63, 3.8) is 0 Å². The van der Waals surface area contributed by atoms with Gasteiger partial charge in [-0.3, -0.25) is 0 Å². The molecular formula is C15H25NO2. The highest BCUT2D eigenvalue weighted by atomic mass is 16.5. The Morgan fingerprint density at radius 2 is 1.83 bits per heavy atom. The molecule has 0 unspecified atom stereocenters. The number of benzene rings is 1. The summed E-state index contributed by atoms with van der Waals surface area (Å²) >= 11 is 0. The first-order valence-electron chi connectivity index (χ1n) is 6.64. The lowest BCUT2D eigenvalue weighted by atomic mass is 10.1. The lowest BCUT2D eigenvalue weighted by molar-refractivity contribution is -0.00900. The van der Waals surface area contributed by atoms with Crippen molar-refractivity contribution >= 4 is 0 Å². The minimum atomic E-state index is -0.130. The topological polar surface area (TPSA) is 30.5 Å². The summed E-state index contributed by atoms with van der Waals surface area (Å²) in [6.45, 7) is 11.3. The highest BCUT2D eigenvalue weighted by Gasteiger charge is 2.16. The van der Waals surface area contributed by atoms with E-state index in [1.807, 2.05) is 32.0 Å². The maximum atomic E-state index is 5.65. The Hall–Kier alpha value is -1.06. The number of nitrogens with one attached hydrogen (secondary N) is 1. The molecule has 0 aliphatic rings. The Balaban J connectivity index is 2.48. The highest BCUT2D eigenvalue weighted by molar-refractivity contribution is 5.33. The predicted octanol–water partition coefficient (Wildman–Crippen LogP) is 2.99. The van der Waals surface area contributed by atoms with E-state index < -0.39 is 0 Å². The van der Waals surface area contributed by atoms with Gasteiger partial charge in [-0.05, 0) is 33.8 Å². The molecule has 0 atom stereocenters. The van der Waals surface area contributed by atoms with Gasteiger partial charge in [0.2, 0.25) is 0 Å². The predicted molar refractivity (Wildman–Crippen MR) is 75.0 cm³/mol. The van der Waals surface area contributed by atoms with Crippen LogP contribution in [0.1, 0.15) is 33.3 Å². The van der Waals surface area contributed by atoms with E-state index >= 15 is 0 Å². The monoisotopic (exact) mass is 251 g/mol. The van der Waals surface area contributed by atoms with E-state index in [2.05, 4.69) is 25.2 Å². The zero-order chi connectivity index (χ0) is 13.4. The molecule has 1 N–H and O–H groups in total. The molecule has 0 saturated heterocycles. The number of ether oxygens (including phenoxy) is 2. The molecule has 0 saturated carbocycles. The zero-order valence-corrected chi connectivity index (χ0v) is 12.0. The van der Waals surface area contributed by atoms with Crippen molar-refractivity contribution in [2.75, 3.05) is 19.8 Å². The van der Waals surface area contributed by atoms with E-state index in [1.54, 1.807) is 0 Å². The third-order valence-corrected chi connectivity index (χ3v) is 2.67. The van der Waals surface area contributed by atoms with Gasteiger partial charge in [0.1, 0.15) is 5.75 Å². The average molecular weight is 251 g/mol. The zero-order valence-electron chi connectivity index (χ0n) is 12.0. The molecule has 0 aliphatic heterocycles. The third-order valence-electron chi connectivity index (χ3n) is 2.67. The van der Waals surface area contributed by atoms with Gasteiger partial charge in [-0.15, -0.1) is 0 Å². The van der Waals surface area contributed by atoms with Crippen LogP contribution in [0.2, 0.25) is 0 Å². The van der Waals surface area contributed by atoms with Gasteiger partial charge in [0.25, 0.3) is 0 Å². The molecule has 1 aromatic rings. The summed E-state index contributed by atoms with van der Waals surface area (Å²) in [6, 6.07) is 8.13. The van der Waals surface area contributed by atoms with Crippen molar-refractivity contribution in [3.05, 3.63) is 29.8 Å². The third kappa shape index (κ3) is 5.07. The van der Waals surface area contributed by atoms with E-state index in [4.69, 9.17) is 9.47 Å². The van der Waals surface area contributed by atoms with Gasteiger partial charge in [-0.2, -0.15) is 0 Å². The molecule has 3 nitrogen and oxygen atoms in total. The average Bonchev–Trinajstić information content (AvgIpc) is 2.31. The van der Waals surface area contributed by atoms with E-state index in [0.717, 1.165) is 25.4 Å². The second-order valence-corrected chi connectivity index (χ2v) is 4.84. The summed E-state index contributed by atoms with van der Waals surface area (Å²) in [5.74, 6) is 0.960. The summed E-state index contributed by atoms with van der Waals surface area (Å²) in [6.07, 6.45) is 0. The fourth-order valence-electron chi connectivity index (χ4n) is 1.89. The molecule has 0 radical (unpaired) electrons. The summed E-state index contributed by atoms with van der Waals surface area (Å²) < 4.78 is 11.2. The quantitative estimate of drug-likeness (QED) is 0.770. The first-order valence-corrected chi connectivity index (χ1v) is 6.64. The standard InChI is InChI=1S/C15H25NO2/c1-5-17-14-10-8-7-9-13(14)11-16-12-15(3,4)18-6-2/h7-10,16H,5-6,11-12H2,1-4H3. The summed E-state index contributed by atoms with van der Waals surface area (Å²) in [5, 5.41) is 3.42. The molecule has 1 rings (SSSR count). The first-order chi connectivity index (χ1) is 8.59. The van der Waals surface area contributed by atoms with Crippen LogP contribution >= 0.6 is 0 Å². The Labute approximate surface area is 110 Å². The first kappa shape index (κ1) is 15.0. The second kappa shape index (κ2) is 7.39. The van der Waals surface area contributed by atoms with Crippen LogP contribution < -0.4 is 10.1 Å². The molecule has 0 bridgehead atoms. The van der Waals surface area contributed by atoms with Crippen molar-refractivity contribution in [1.82, 2.24) is 5.32 Å². The van der Waals surface area contributed by atoms with E-state index in [1.165, 1.54) is 5.56 Å². The Morgan fingerprint density at radius 3 is 2.50 bits per heavy atom. The van der Waals surface area contributed by atoms with Gasteiger partial charge in [0.05, 0.1) is 12.2 Å². The van der Waals surface area contributed by atoms with Gasteiger partial charge >= 0.3 is 0 Å². The van der Waals surface area contributed by atoms with E-state index in [-0.39, 0.29) is 5.60 Å². The van der Waals surface area contributed by atoms with Gasteiger partial charge in [0, 0.05) is 25.3 Å². The number of hydrogen-bond acceptors (Lipinski definition) is 3. The SMILES string of the molecule is CCOc1ccccc1CNCC(C)(C)OCC. The minimum Gasteiger partial charge on any atom is -0.494 e. The number of rotatable bonds is 8. The molecule has 0 amide bonds. The Kier molecular flexibility index (Phi) is 6.16. The lowest BCUT2D eigenvalue weighted by Gasteiger charge is -2.25. The molecular weight excluding hydrogens is 226 g/mol. The van der Waals surface area contributed by atoms with Gasteiger partial charge in [-0.1, -0.05) is 18.2 Å². The van der Waals surface area contributed by atoms with Crippen LogP contribution in [0.4, 0.5) is 0 Å². The summed E-state index contributed by atoms with van der Waals surface area (Å²) in [4.78, 5) is 0. The second-order valence-electron chi connectivity index (χ2n) is 4.84. The molecule has 0 aromatic heterocycles. The van der Waals surface area contributed by atoms with Crippen molar-refractivity contribution in [2.45, 2.75) is 39.8 Å². The molecule has 3 heteroatoms. The lowest BCUT2D eigenvalue weighted by Crippen LogP contribution is -2.37. The largest absolute Gasteiger partial charge is 0.494 e. The van der Waals surface area contributed by atoms with Gasteiger partial charge < -0.3 is 14.8 Å². The van der Waals surface area contributed by atoms with Crippen molar-refractivity contribution in [2.24, 2.45) is 0 Å². The number of hydrogen-bond donors (Lipinski definition) is 1. The smallest absolute Gasteiger partial charge is 0.123 e. The molecule has 1 aromatic carbocycles. The van der Waals surface area contributed by atoms with Crippen LogP contribution in [0.15, 0.2) is 24.3 Å². The minimum absolute atomic E-state index is 0.130. The maximum Gasteiger partial charge on any atom is 0.123 e. The fraction of sp³-hybridized carbons (Fsp3) is 0.600. The molecule has 0 fully saturated rings. The molecule has 0 heterocycles. The van der Waals surface area contributed by atoms with E-state index in [9.17, 15) is 0 Å². The number of para-hydroxylation sites is 1. The normalized spacial score (nSPS) is 11.6. The van der Waals surface area contributed by atoms with Crippen molar-refractivity contribution < 1.29 is 9.47 Å². The van der Waals surface area contributed by atoms with Crippen molar-refractivity contribution in [1.29, 1.82) is 0 Å². The van der Waals surface area contributed by atoms with Gasteiger partial charge in [0.15, 0.2) is 0 Å². The molecule has 102 valence electrons. The molecule has 0 spiro atoms. The van der Waals surface area contributed by atoms with Crippen molar-refractivity contribution in [3.8, 4) is 5.75 Å². The van der Waals surface area contributed by atoms with Crippen LogP contribution in [0.3, 0.4) is 0 Å². The van der Waals surface area contributed by atoms with Crippen LogP contribution in [0.5, 0.6) is 5.75 Å². The fourth-order valence-corrected chi connectivity index (χ4v) is 1.89. The maximum absolute atomic E-state index is 5.65. The molecule has 18 heavy (non-hydrogen) atoms. The highest BCUT2D eigenvalue weighted by Crippen LogP contribution is 2.18. The summed E-state index contributed by atoms with van der Waals surface area (Å²) in [5.41, 5.74) is 1.06. The Bertz CT molecular complexity index is 350. The van der Waals surface area contributed by atoms with Crippen LogP contribution in [0.25, 0.3) is 0 Å². The van der Waals surface area contributed by atoms with Crippen LogP contribution in [-0.2, 0) is 11.3 Å². The van der Waals surface area contributed by atoms with Crippen LogP contribution in [-0.4, -0.2) is 25.4 Å². The van der Waals surface area contributed by atoms with Gasteiger partial charge in [-0.25, -0.2) is 0 Å². The Morgan fingerprint density at radius 1 is 1.11 bits per heavy atom. The molecule has 0 aliphatic carbocycles.